The van der Waals surface area contributed by atoms with Crippen LogP contribution in [0.5, 0.6) is 0 Å². The van der Waals surface area contributed by atoms with Crippen molar-refractivity contribution in [3.63, 3.8) is 0 Å². The van der Waals surface area contributed by atoms with Gasteiger partial charge in [-0.1, -0.05) is 0 Å². The van der Waals surface area contributed by atoms with Crippen molar-refractivity contribution in [1.82, 2.24) is 25.0 Å². The minimum absolute atomic E-state index is 0. The minimum atomic E-state index is 0. The molecule has 2 aliphatic heterocycles. The van der Waals surface area contributed by atoms with E-state index in [0.29, 0.717) is 5.41 Å². The van der Waals surface area contributed by atoms with Crippen LogP contribution in [0.15, 0.2) is 33.1 Å². The second-order valence-corrected chi connectivity index (χ2v) is 7.76. The van der Waals surface area contributed by atoms with Gasteiger partial charge in [-0.05, 0) is 61.7 Å². The van der Waals surface area contributed by atoms with Gasteiger partial charge in [-0.15, -0.1) is 35.0 Å². The van der Waals surface area contributed by atoms with E-state index >= 15 is 0 Å². The van der Waals surface area contributed by atoms with Crippen molar-refractivity contribution in [2.75, 3.05) is 26.2 Å². The zero-order chi connectivity index (χ0) is 15.7. The maximum absolute atomic E-state index is 5.97. The standard InChI is InChI=1S/C16H23N5OS.2ClH/c1-20-12-18-19-15(20)23-14-4-3-13(22-14)9-21-8-6-16(11-21)5-2-7-17-10-16;;/h3-4,12,17H,2,5-11H2,1H3;2*1H. The molecule has 2 aromatic heterocycles. The third-order valence-corrected chi connectivity index (χ3v) is 5.93. The van der Waals surface area contributed by atoms with Crippen LogP contribution >= 0.6 is 36.6 Å². The predicted octanol–water partition coefficient (Wildman–Crippen LogP) is 2.98. The van der Waals surface area contributed by atoms with Crippen LogP contribution in [-0.4, -0.2) is 45.8 Å². The van der Waals surface area contributed by atoms with Crippen molar-refractivity contribution in [2.45, 2.75) is 36.1 Å². The Morgan fingerprint density at radius 2 is 2.20 bits per heavy atom. The Kier molecular flexibility index (Phi) is 7.22. The van der Waals surface area contributed by atoms with Crippen LogP contribution < -0.4 is 5.32 Å². The molecule has 0 bridgehead atoms. The first kappa shape index (κ1) is 20.6. The Hall–Kier alpha value is -0.730. The van der Waals surface area contributed by atoms with E-state index in [2.05, 4.69) is 26.5 Å². The largest absolute Gasteiger partial charge is 0.453 e. The summed E-state index contributed by atoms with van der Waals surface area (Å²) in [5, 5.41) is 13.3. The smallest absolute Gasteiger partial charge is 0.198 e. The number of rotatable bonds is 4. The molecule has 0 amide bonds. The van der Waals surface area contributed by atoms with Gasteiger partial charge in [0.2, 0.25) is 0 Å². The van der Waals surface area contributed by atoms with Crippen molar-refractivity contribution in [3.05, 3.63) is 24.2 Å². The minimum Gasteiger partial charge on any atom is -0.453 e. The van der Waals surface area contributed by atoms with Crippen molar-refractivity contribution < 1.29 is 4.42 Å². The highest BCUT2D eigenvalue weighted by atomic mass is 35.5. The van der Waals surface area contributed by atoms with Gasteiger partial charge in [-0.25, -0.2) is 0 Å². The summed E-state index contributed by atoms with van der Waals surface area (Å²) >= 11 is 1.52. The molecule has 0 aromatic carbocycles. The van der Waals surface area contributed by atoms with Crippen LogP contribution in [0.3, 0.4) is 0 Å². The maximum Gasteiger partial charge on any atom is 0.198 e. The van der Waals surface area contributed by atoms with Crippen LogP contribution in [0.25, 0.3) is 0 Å². The first-order chi connectivity index (χ1) is 11.2. The van der Waals surface area contributed by atoms with Gasteiger partial charge in [0.15, 0.2) is 10.2 Å². The summed E-state index contributed by atoms with van der Waals surface area (Å²) in [7, 11) is 1.94. The van der Waals surface area contributed by atoms with Crippen molar-refractivity contribution >= 4 is 36.6 Å². The van der Waals surface area contributed by atoms with E-state index in [9.17, 15) is 0 Å². The molecular weight excluding hydrogens is 381 g/mol. The van der Waals surface area contributed by atoms with Crippen LogP contribution in [0.2, 0.25) is 0 Å². The van der Waals surface area contributed by atoms with Gasteiger partial charge in [0.1, 0.15) is 12.1 Å². The molecule has 1 spiro atoms. The molecule has 25 heavy (non-hydrogen) atoms. The summed E-state index contributed by atoms with van der Waals surface area (Å²) in [5.74, 6) is 1.04. The van der Waals surface area contributed by atoms with E-state index in [4.69, 9.17) is 4.42 Å². The second-order valence-electron chi connectivity index (χ2n) is 6.79. The predicted molar refractivity (Wildman–Crippen MR) is 103 cm³/mol. The number of aromatic nitrogens is 3. The summed E-state index contributed by atoms with van der Waals surface area (Å²) in [5.41, 5.74) is 0.501. The summed E-state index contributed by atoms with van der Waals surface area (Å²) in [6.45, 7) is 5.62. The molecule has 4 rings (SSSR count). The number of aryl methyl sites for hydroxylation is 1. The molecule has 0 saturated carbocycles. The van der Waals surface area contributed by atoms with Crippen molar-refractivity contribution in [2.24, 2.45) is 12.5 Å². The van der Waals surface area contributed by atoms with Gasteiger partial charge in [0, 0.05) is 20.1 Å². The molecule has 2 aromatic rings. The molecule has 1 N–H and O–H groups in total. The third-order valence-electron chi connectivity index (χ3n) is 4.96. The number of hydrogen-bond acceptors (Lipinski definition) is 6. The molecule has 2 saturated heterocycles. The summed E-state index contributed by atoms with van der Waals surface area (Å²) < 4.78 is 7.87. The summed E-state index contributed by atoms with van der Waals surface area (Å²) in [6, 6.07) is 4.12. The Balaban J connectivity index is 0.00000113. The van der Waals surface area contributed by atoms with E-state index in [1.165, 1.54) is 57.2 Å². The number of nitrogens with one attached hydrogen (secondary N) is 1. The van der Waals surface area contributed by atoms with Gasteiger partial charge in [0.25, 0.3) is 0 Å². The van der Waals surface area contributed by atoms with E-state index < -0.39 is 0 Å². The highest BCUT2D eigenvalue weighted by Crippen LogP contribution is 2.37. The van der Waals surface area contributed by atoms with Crippen LogP contribution in [-0.2, 0) is 13.6 Å². The highest BCUT2D eigenvalue weighted by molar-refractivity contribution is 7.99. The fraction of sp³-hybridized carbons (Fsp3) is 0.625. The molecule has 140 valence electrons. The number of halogens is 2. The number of furan rings is 1. The van der Waals surface area contributed by atoms with E-state index in [0.717, 1.165) is 22.6 Å². The summed E-state index contributed by atoms with van der Waals surface area (Å²) in [6.07, 6.45) is 5.68. The molecule has 9 heteroatoms. The lowest BCUT2D eigenvalue weighted by atomic mass is 9.80. The molecule has 0 aliphatic carbocycles. The lowest BCUT2D eigenvalue weighted by molar-refractivity contribution is 0.192. The van der Waals surface area contributed by atoms with Gasteiger partial charge >= 0.3 is 0 Å². The third kappa shape index (κ3) is 4.71. The quantitative estimate of drug-likeness (QED) is 0.843. The zero-order valence-electron chi connectivity index (χ0n) is 14.3. The number of likely N-dealkylation sites (tertiary alicyclic amines) is 1. The fourth-order valence-corrected chi connectivity index (χ4v) is 4.46. The fourth-order valence-electron chi connectivity index (χ4n) is 3.71. The van der Waals surface area contributed by atoms with Crippen molar-refractivity contribution in [3.8, 4) is 0 Å². The maximum atomic E-state index is 5.97. The average Bonchev–Trinajstić information content (AvgIpc) is 3.25. The number of nitrogens with zero attached hydrogens (tertiary/aromatic N) is 4. The van der Waals surface area contributed by atoms with Gasteiger partial charge < -0.3 is 14.3 Å². The molecule has 6 nitrogen and oxygen atoms in total. The second kappa shape index (κ2) is 8.77. The van der Waals surface area contributed by atoms with Gasteiger partial charge in [-0.2, -0.15) is 0 Å². The Labute approximate surface area is 164 Å². The normalized spacial score (nSPS) is 23.4. The molecular formula is C16H25Cl2N5OS. The molecule has 2 aliphatic rings. The van der Waals surface area contributed by atoms with Gasteiger partial charge in [-0.3, -0.25) is 4.90 Å². The van der Waals surface area contributed by atoms with Crippen LogP contribution in [0.4, 0.5) is 0 Å². The summed E-state index contributed by atoms with van der Waals surface area (Å²) in [4.78, 5) is 2.53. The Morgan fingerprint density at radius 1 is 1.32 bits per heavy atom. The van der Waals surface area contributed by atoms with Crippen LogP contribution in [0, 0.1) is 5.41 Å². The first-order valence-corrected chi connectivity index (χ1v) is 9.08. The van der Waals surface area contributed by atoms with Crippen molar-refractivity contribution in [1.29, 1.82) is 0 Å². The lowest BCUT2D eigenvalue weighted by Crippen LogP contribution is -2.41. The van der Waals surface area contributed by atoms with Gasteiger partial charge in [0.05, 0.1) is 6.54 Å². The Bertz CT molecular complexity index is 671. The number of piperidine rings is 1. The SMILES string of the molecule is Cl.Cl.Cn1cnnc1Sc1ccc(CN2CCC3(CCCNC3)C2)o1. The van der Waals surface area contributed by atoms with E-state index in [1.807, 2.05) is 17.7 Å². The number of hydrogen-bond donors (Lipinski definition) is 1. The van der Waals surface area contributed by atoms with E-state index in [-0.39, 0.29) is 24.8 Å². The van der Waals surface area contributed by atoms with Crippen LogP contribution in [0.1, 0.15) is 25.0 Å². The molecule has 4 heterocycles. The molecule has 1 atom stereocenters. The zero-order valence-corrected chi connectivity index (χ0v) is 16.8. The molecule has 1 unspecified atom stereocenters. The average molecular weight is 406 g/mol. The molecule has 0 radical (unpaired) electrons. The lowest BCUT2D eigenvalue weighted by Gasteiger charge is -2.33. The van der Waals surface area contributed by atoms with E-state index in [1.54, 1.807) is 6.33 Å². The monoisotopic (exact) mass is 405 g/mol. The Morgan fingerprint density at radius 3 is 2.92 bits per heavy atom. The molecule has 2 fully saturated rings. The highest BCUT2D eigenvalue weighted by Gasteiger charge is 2.38. The first-order valence-electron chi connectivity index (χ1n) is 8.26. The topological polar surface area (TPSA) is 59.1 Å².